The Morgan fingerprint density at radius 2 is 1.96 bits per heavy atom. The summed E-state index contributed by atoms with van der Waals surface area (Å²) in [6.45, 7) is 4.06. The van der Waals surface area contributed by atoms with Crippen molar-refractivity contribution in [2.45, 2.75) is 11.4 Å². The third-order valence-corrected chi connectivity index (χ3v) is 8.15. The van der Waals surface area contributed by atoms with Crippen LogP contribution < -0.4 is 0 Å². The highest BCUT2D eigenvalue weighted by Crippen LogP contribution is 2.43. The summed E-state index contributed by atoms with van der Waals surface area (Å²) in [5, 5.41) is 10.8. The van der Waals surface area contributed by atoms with Crippen LogP contribution in [0.1, 0.15) is 4.88 Å². The molecule has 2 saturated heterocycles. The van der Waals surface area contributed by atoms with Crippen molar-refractivity contribution in [1.29, 1.82) is 0 Å². The molecule has 2 aliphatic rings. The van der Waals surface area contributed by atoms with Crippen LogP contribution in [0.4, 0.5) is 0 Å². The predicted molar refractivity (Wildman–Crippen MR) is 116 cm³/mol. The van der Waals surface area contributed by atoms with E-state index in [9.17, 15) is 9.90 Å². The van der Waals surface area contributed by atoms with Crippen LogP contribution in [0.15, 0.2) is 41.3 Å². The van der Waals surface area contributed by atoms with Crippen molar-refractivity contribution >= 4 is 52.2 Å². The van der Waals surface area contributed by atoms with Crippen molar-refractivity contribution in [1.82, 2.24) is 9.80 Å². The molecule has 0 spiro atoms. The summed E-state index contributed by atoms with van der Waals surface area (Å²) in [7, 11) is 0. The van der Waals surface area contributed by atoms with Gasteiger partial charge in [0, 0.05) is 52.9 Å². The highest BCUT2D eigenvalue weighted by Gasteiger charge is 2.52. The Hall–Kier alpha value is -0.760. The summed E-state index contributed by atoms with van der Waals surface area (Å²) in [5.41, 5.74) is -0.207. The molecule has 1 amide bonds. The van der Waals surface area contributed by atoms with Gasteiger partial charge in [0.15, 0.2) is 0 Å². The standard InChI is InChI=1S/C20H22Cl2N2O2S2/c21-15-1-3-16(4-2-15)27-10-19(26)24-8-14-7-23(11-20(14,12-24)13-25)9-17-5-6-18(22)28-17/h1-6,14,25H,7-13H2. The molecule has 4 nitrogen and oxygen atoms in total. The lowest BCUT2D eigenvalue weighted by atomic mass is 9.82. The van der Waals surface area contributed by atoms with Crippen LogP contribution >= 0.6 is 46.3 Å². The van der Waals surface area contributed by atoms with E-state index in [1.54, 1.807) is 11.3 Å². The van der Waals surface area contributed by atoms with E-state index in [-0.39, 0.29) is 17.9 Å². The number of fused-ring (bicyclic) bond motifs is 1. The number of thioether (sulfide) groups is 1. The van der Waals surface area contributed by atoms with Crippen molar-refractivity contribution < 1.29 is 9.90 Å². The van der Waals surface area contributed by atoms with Crippen molar-refractivity contribution in [2.75, 3.05) is 38.5 Å². The van der Waals surface area contributed by atoms with Gasteiger partial charge in [-0.1, -0.05) is 23.2 Å². The zero-order chi connectivity index (χ0) is 19.7. The van der Waals surface area contributed by atoms with E-state index in [0.29, 0.717) is 23.2 Å². The largest absolute Gasteiger partial charge is 0.396 e. The molecule has 2 aromatic rings. The van der Waals surface area contributed by atoms with Gasteiger partial charge in [-0.2, -0.15) is 0 Å². The summed E-state index contributed by atoms with van der Waals surface area (Å²) in [6.07, 6.45) is 0. The van der Waals surface area contributed by atoms with Gasteiger partial charge in [-0.05, 0) is 42.3 Å². The van der Waals surface area contributed by atoms with E-state index in [1.807, 2.05) is 35.2 Å². The van der Waals surface area contributed by atoms with E-state index < -0.39 is 0 Å². The molecule has 2 aliphatic heterocycles. The summed E-state index contributed by atoms with van der Waals surface area (Å²) in [5.74, 6) is 0.865. The highest BCUT2D eigenvalue weighted by atomic mass is 35.5. The summed E-state index contributed by atoms with van der Waals surface area (Å²) >= 11 is 15.1. The first-order chi connectivity index (χ1) is 13.5. The molecular formula is C20H22Cl2N2O2S2. The zero-order valence-electron chi connectivity index (χ0n) is 15.3. The summed E-state index contributed by atoms with van der Waals surface area (Å²) in [4.78, 5) is 19.3. The SMILES string of the molecule is O=C(CSc1ccc(Cl)cc1)N1CC2CN(Cc3ccc(Cl)s3)CC2(CO)C1. The second-order valence-corrected chi connectivity index (χ2v) is 10.9. The molecule has 0 radical (unpaired) electrons. The summed E-state index contributed by atoms with van der Waals surface area (Å²) in [6, 6.07) is 11.5. The van der Waals surface area contributed by atoms with Crippen LogP contribution in [0.3, 0.4) is 0 Å². The molecular weight excluding hydrogens is 435 g/mol. The minimum Gasteiger partial charge on any atom is -0.396 e. The lowest BCUT2D eigenvalue weighted by Gasteiger charge is -2.27. The number of carbonyl (C=O) groups is 1. The smallest absolute Gasteiger partial charge is 0.232 e. The van der Waals surface area contributed by atoms with E-state index in [0.717, 1.165) is 35.4 Å². The maximum Gasteiger partial charge on any atom is 0.232 e. The molecule has 0 aliphatic carbocycles. The number of nitrogens with zero attached hydrogens (tertiary/aromatic N) is 2. The first-order valence-electron chi connectivity index (χ1n) is 9.21. The normalized spacial score (nSPS) is 24.7. The van der Waals surface area contributed by atoms with Gasteiger partial charge in [-0.3, -0.25) is 9.69 Å². The van der Waals surface area contributed by atoms with Crippen molar-refractivity contribution in [3.05, 3.63) is 50.6 Å². The Morgan fingerprint density at radius 3 is 2.61 bits per heavy atom. The average Bonchev–Trinajstić information content (AvgIpc) is 3.33. The highest BCUT2D eigenvalue weighted by molar-refractivity contribution is 8.00. The quantitative estimate of drug-likeness (QED) is 0.664. The molecule has 4 rings (SSSR count). The number of hydrogen-bond donors (Lipinski definition) is 1. The lowest BCUT2D eigenvalue weighted by Crippen LogP contribution is -2.39. The molecule has 0 saturated carbocycles. The fourth-order valence-corrected chi connectivity index (χ4v) is 6.31. The van der Waals surface area contributed by atoms with E-state index in [4.69, 9.17) is 23.2 Å². The van der Waals surface area contributed by atoms with Crippen LogP contribution in [0.5, 0.6) is 0 Å². The molecule has 0 bridgehead atoms. The Bertz CT molecular complexity index is 845. The van der Waals surface area contributed by atoms with Gasteiger partial charge in [-0.15, -0.1) is 23.1 Å². The predicted octanol–water partition coefficient (Wildman–Crippen LogP) is 4.10. The first-order valence-corrected chi connectivity index (χ1v) is 11.8. The fraction of sp³-hybridized carbons (Fsp3) is 0.450. The van der Waals surface area contributed by atoms with Crippen molar-refractivity contribution in [3.8, 4) is 0 Å². The molecule has 2 fully saturated rings. The van der Waals surface area contributed by atoms with E-state index in [1.165, 1.54) is 16.6 Å². The third kappa shape index (κ3) is 4.37. The molecule has 2 unspecified atom stereocenters. The topological polar surface area (TPSA) is 43.8 Å². The second-order valence-electron chi connectivity index (χ2n) is 7.61. The molecule has 150 valence electrons. The summed E-state index contributed by atoms with van der Waals surface area (Å²) < 4.78 is 0.807. The number of amides is 1. The third-order valence-electron chi connectivity index (χ3n) is 5.68. The van der Waals surface area contributed by atoms with Gasteiger partial charge in [0.25, 0.3) is 0 Å². The molecule has 8 heteroatoms. The number of likely N-dealkylation sites (tertiary alicyclic amines) is 2. The lowest BCUT2D eigenvalue weighted by molar-refractivity contribution is -0.128. The number of aliphatic hydroxyl groups excluding tert-OH is 1. The van der Waals surface area contributed by atoms with Gasteiger partial charge >= 0.3 is 0 Å². The van der Waals surface area contributed by atoms with Gasteiger partial charge in [0.05, 0.1) is 16.7 Å². The molecule has 1 aromatic heterocycles. The fourth-order valence-electron chi connectivity index (χ4n) is 4.25. The van der Waals surface area contributed by atoms with Gasteiger partial charge in [0.1, 0.15) is 0 Å². The van der Waals surface area contributed by atoms with Crippen LogP contribution in [-0.2, 0) is 11.3 Å². The maximum absolute atomic E-state index is 12.7. The number of halogens is 2. The first kappa shape index (κ1) is 20.5. The minimum atomic E-state index is -0.207. The average molecular weight is 457 g/mol. The molecule has 1 aromatic carbocycles. The number of benzene rings is 1. The molecule has 1 N–H and O–H groups in total. The monoisotopic (exact) mass is 456 g/mol. The van der Waals surface area contributed by atoms with Gasteiger partial charge in [-0.25, -0.2) is 0 Å². The molecule has 2 atom stereocenters. The number of hydrogen-bond acceptors (Lipinski definition) is 5. The van der Waals surface area contributed by atoms with E-state index >= 15 is 0 Å². The van der Waals surface area contributed by atoms with Crippen molar-refractivity contribution in [2.24, 2.45) is 11.3 Å². The minimum absolute atomic E-state index is 0.119. The molecule has 28 heavy (non-hydrogen) atoms. The maximum atomic E-state index is 12.7. The van der Waals surface area contributed by atoms with Crippen LogP contribution in [0.2, 0.25) is 9.36 Å². The van der Waals surface area contributed by atoms with Crippen LogP contribution in [-0.4, -0.2) is 59.4 Å². The Kier molecular flexibility index (Phi) is 6.26. The molecule has 3 heterocycles. The van der Waals surface area contributed by atoms with E-state index in [2.05, 4.69) is 11.0 Å². The second kappa shape index (κ2) is 8.54. The Labute approximate surface area is 183 Å². The number of rotatable bonds is 6. The number of carbonyl (C=O) groups excluding carboxylic acids is 1. The van der Waals surface area contributed by atoms with Crippen molar-refractivity contribution in [3.63, 3.8) is 0 Å². The van der Waals surface area contributed by atoms with Crippen LogP contribution in [0, 0.1) is 11.3 Å². The number of aliphatic hydroxyl groups is 1. The zero-order valence-corrected chi connectivity index (χ0v) is 18.5. The van der Waals surface area contributed by atoms with Gasteiger partial charge in [0.2, 0.25) is 5.91 Å². The number of thiophene rings is 1. The van der Waals surface area contributed by atoms with Crippen LogP contribution in [0.25, 0.3) is 0 Å². The van der Waals surface area contributed by atoms with Gasteiger partial charge < -0.3 is 10.0 Å². The Morgan fingerprint density at radius 1 is 1.18 bits per heavy atom. The Balaban J connectivity index is 1.33.